The van der Waals surface area contributed by atoms with E-state index in [1.165, 1.54) is 6.92 Å². The zero-order valence-electron chi connectivity index (χ0n) is 8.55. The van der Waals surface area contributed by atoms with Crippen molar-refractivity contribution in [2.45, 2.75) is 13.3 Å². The maximum atomic E-state index is 13.0. The molecule has 1 aromatic rings. The van der Waals surface area contributed by atoms with Gasteiger partial charge in [0.05, 0.1) is 12.8 Å². The average molecular weight is 253 g/mol. The number of aromatic nitrogens is 1. The van der Waals surface area contributed by atoms with Crippen LogP contribution in [0.4, 0.5) is 17.6 Å². The van der Waals surface area contributed by atoms with E-state index >= 15 is 0 Å². The van der Waals surface area contributed by atoms with Gasteiger partial charge in [-0.05, 0) is 6.92 Å². The summed E-state index contributed by atoms with van der Waals surface area (Å²) in [7, 11) is 0. The summed E-state index contributed by atoms with van der Waals surface area (Å²) >= 11 is 0. The molecule has 8 heteroatoms. The second-order valence-corrected chi connectivity index (χ2v) is 2.78. The Hall–Kier alpha value is -1.86. The van der Waals surface area contributed by atoms with Gasteiger partial charge in [0.15, 0.2) is 0 Å². The fourth-order valence-electron chi connectivity index (χ4n) is 0.970. The van der Waals surface area contributed by atoms with Crippen molar-refractivity contribution < 1.29 is 31.8 Å². The van der Waals surface area contributed by atoms with Gasteiger partial charge in [-0.3, -0.25) is 0 Å². The van der Waals surface area contributed by atoms with Crippen LogP contribution in [0.1, 0.15) is 17.3 Å². The van der Waals surface area contributed by atoms with Gasteiger partial charge >= 0.3 is 12.3 Å². The van der Waals surface area contributed by atoms with Crippen molar-refractivity contribution in [3.63, 3.8) is 0 Å². The van der Waals surface area contributed by atoms with Crippen LogP contribution >= 0.6 is 0 Å². The van der Waals surface area contributed by atoms with Crippen molar-refractivity contribution in [2.24, 2.45) is 0 Å². The van der Waals surface area contributed by atoms with Crippen molar-refractivity contribution in [1.29, 1.82) is 0 Å². The molecule has 0 radical (unpaired) electrons. The molecule has 0 aliphatic carbocycles. The largest absolute Gasteiger partial charge is 0.573 e. The number of rotatable bonds is 3. The molecule has 0 unspecified atom stereocenters. The number of esters is 1. The van der Waals surface area contributed by atoms with E-state index in [1.807, 2.05) is 0 Å². The Balaban J connectivity index is 2.98. The molecule has 0 spiro atoms. The van der Waals surface area contributed by atoms with Crippen LogP contribution in [0.3, 0.4) is 0 Å². The Bertz CT molecular complexity index is 419. The quantitative estimate of drug-likeness (QED) is 0.471. The molecule has 0 aliphatic heterocycles. The minimum Gasteiger partial charge on any atom is -0.462 e. The van der Waals surface area contributed by atoms with E-state index < -0.39 is 29.6 Å². The molecule has 1 rings (SSSR count). The molecule has 0 saturated heterocycles. The summed E-state index contributed by atoms with van der Waals surface area (Å²) < 4.78 is 56.5. The summed E-state index contributed by atoms with van der Waals surface area (Å²) in [6, 6.07) is 0.577. The molecule has 1 aromatic heterocycles. The molecule has 0 aromatic carbocycles. The number of hydrogen-bond acceptors (Lipinski definition) is 4. The van der Waals surface area contributed by atoms with Crippen LogP contribution in [-0.4, -0.2) is 23.9 Å². The van der Waals surface area contributed by atoms with Gasteiger partial charge < -0.3 is 9.47 Å². The summed E-state index contributed by atoms with van der Waals surface area (Å²) in [6.07, 6.45) is -4.42. The lowest BCUT2D eigenvalue weighted by molar-refractivity contribution is -0.274. The molecule has 0 N–H and O–H groups in total. The maximum Gasteiger partial charge on any atom is 0.573 e. The van der Waals surface area contributed by atoms with Crippen LogP contribution in [0.2, 0.25) is 0 Å². The number of nitrogens with zero attached hydrogens (tertiary/aromatic N) is 1. The smallest absolute Gasteiger partial charge is 0.462 e. The fourth-order valence-corrected chi connectivity index (χ4v) is 0.970. The van der Waals surface area contributed by atoms with Crippen molar-refractivity contribution in [2.75, 3.05) is 6.61 Å². The van der Waals surface area contributed by atoms with Gasteiger partial charge in [0.25, 0.3) is 0 Å². The van der Waals surface area contributed by atoms with Crippen LogP contribution in [0.5, 0.6) is 5.75 Å². The van der Waals surface area contributed by atoms with Gasteiger partial charge in [-0.2, -0.15) is 4.39 Å². The topological polar surface area (TPSA) is 48.4 Å². The molecule has 1 heterocycles. The van der Waals surface area contributed by atoms with E-state index in [9.17, 15) is 22.4 Å². The van der Waals surface area contributed by atoms with Crippen LogP contribution in [0.15, 0.2) is 12.3 Å². The highest BCUT2D eigenvalue weighted by molar-refractivity contribution is 5.89. The number of ether oxygens (including phenoxy) is 2. The van der Waals surface area contributed by atoms with E-state index in [2.05, 4.69) is 14.5 Å². The Morgan fingerprint density at radius 1 is 1.47 bits per heavy atom. The molecule has 17 heavy (non-hydrogen) atoms. The fraction of sp³-hybridized carbons (Fsp3) is 0.333. The lowest BCUT2D eigenvalue weighted by Crippen LogP contribution is -2.18. The first-order valence-corrected chi connectivity index (χ1v) is 4.42. The zero-order chi connectivity index (χ0) is 13.1. The Morgan fingerprint density at radius 2 is 2.12 bits per heavy atom. The highest BCUT2D eigenvalue weighted by atomic mass is 19.4. The zero-order valence-corrected chi connectivity index (χ0v) is 8.55. The first kappa shape index (κ1) is 13.2. The van der Waals surface area contributed by atoms with Crippen LogP contribution in [0, 0.1) is 5.95 Å². The first-order valence-electron chi connectivity index (χ1n) is 4.42. The monoisotopic (exact) mass is 253 g/mol. The summed E-state index contributed by atoms with van der Waals surface area (Å²) in [5.41, 5.74) is -0.714. The van der Waals surface area contributed by atoms with Crippen LogP contribution in [-0.2, 0) is 4.74 Å². The Kier molecular flexibility index (Phi) is 3.87. The molecule has 0 aliphatic rings. The molecular weight excluding hydrogens is 246 g/mol. The van der Waals surface area contributed by atoms with E-state index in [-0.39, 0.29) is 6.61 Å². The molecule has 0 bridgehead atoms. The number of pyridine rings is 1. The molecule has 0 fully saturated rings. The Morgan fingerprint density at radius 3 is 2.65 bits per heavy atom. The van der Waals surface area contributed by atoms with E-state index in [1.54, 1.807) is 0 Å². The van der Waals surface area contributed by atoms with Gasteiger partial charge in [0, 0.05) is 6.07 Å². The molecule has 94 valence electrons. The van der Waals surface area contributed by atoms with E-state index in [0.29, 0.717) is 12.3 Å². The highest BCUT2D eigenvalue weighted by Gasteiger charge is 2.32. The van der Waals surface area contributed by atoms with Gasteiger partial charge in [0.1, 0.15) is 11.3 Å². The number of carbonyl (C=O) groups excluding carboxylic acids is 1. The molecule has 0 saturated carbocycles. The van der Waals surface area contributed by atoms with Gasteiger partial charge in [0.2, 0.25) is 5.95 Å². The van der Waals surface area contributed by atoms with Gasteiger partial charge in [-0.15, -0.1) is 13.2 Å². The Labute approximate surface area is 93.2 Å². The molecule has 4 nitrogen and oxygen atoms in total. The summed E-state index contributed by atoms with van der Waals surface area (Å²) in [6.45, 7) is 1.43. The van der Waals surface area contributed by atoms with Crippen molar-refractivity contribution in [1.82, 2.24) is 4.98 Å². The minimum absolute atomic E-state index is 0.0391. The molecular formula is C9H7F4NO3. The summed E-state index contributed by atoms with van der Waals surface area (Å²) in [4.78, 5) is 14.1. The second kappa shape index (κ2) is 4.98. The van der Waals surface area contributed by atoms with Crippen LogP contribution in [0.25, 0.3) is 0 Å². The van der Waals surface area contributed by atoms with Gasteiger partial charge in [-0.1, -0.05) is 0 Å². The third kappa shape index (κ3) is 3.89. The average Bonchev–Trinajstić information content (AvgIpc) is 2.19. The van der Waals surface area contributed by atoms with Crippen molar-refractivity contribution >= 4 is 5.97 Å². The third-order valence-corrected chi connectivity index (χ3v) is 1.54. The number of carbonyl (C=O) groups is 1. The maximum absolute atomic E-state index is 13.0. The predicted molar refractivity (Wildman–Crippen MR) is 46.8 cm³/mol. The third-order valence-electron chi connectivity index (χ3n) is 1.54. The summed E-state index contributed by atoms with van der Waals surface area (Å²) in [5.74, 6) is -3.12. The van der Waals surface area contributed by atoms with E-state index in [4.69, 9.17) is 0 Å². The van der Waals surface area contributed by atoms with Crippen molar-refractivity contribution in [3.05, 3.63) is 23.8 Å². The van der Waals surface area contributed by atoms with Gasteiger partial charge in [-0.25, -0.2) is 9.78 Å². The standard InChI is InChI=1S/C9H7F4NO3/c1-2-16-8(15)6-3-5(4-14-7(6)10)17-9(11,12)13/h3-4H,2H2,1H3. The SMILES string of the molecule is CCOC(=O)c1cc(OC(F)(F)F)cnc1F. The normalized spacial score (nSPS) is 11.1. The minimum atomic E-state index is -4.94. The lowest BCUT2D eigenvalue weighted by Gasteiger charge is -2.09. The first-order chi connectivity index (χ1) is 7.83. The van der Waals surface area contributed by atoms with Crippen molar-refractivity contribution in [3.8, 4) is 5.75 Å². The second-order valence-electron chi connectivity index (χ2n) is 2.78. The van der Waals surface area contributed by atoms with E-state index in [0.717, 1.165) is 0 Å². The predicted octanol–water partition coefficient (Wildman–Crippen LogP) is 2.30. The number of hydrogen-bond donors (Lipinski definition) is 0. The number of halogens is 4. The highest BCUT2D eigenvalue weighted by Crippen LogP contribution is 2.23. The molecule has 0 atom stereocenters. The summed E-state index contributed by atoms with van der Waals surface area (Å²) in [5, 5.41) is 0. The molecule has 0 amide bonds. The lowest BCUT2D eigenvalue weighted by atomic mass is 10.3. The number of alkyl halides is 3. The van der Waals surface area contributed by atoms with Crippen LogP contribution < -0.4 is 4.74 Å².